The standard InChI is InChI=1S/C28H15NO2Se3/c30-27-18-13-16-11-12-32-25(16)15-19(18)28(31)20(27)14-17-9-10-26(33-17)29-21-5-1-3-7-23(21)34-24-8-4-2-6-22(24)29/h1-15H/b20-14+. The number of nitrogens with zero attached hydrogens (tertiary/aromatic N) is 1. The van der Waals surface area contributed by atoms with E-state index < -0.39 is 0 Å². The van der Waals surface area contributed by atoms with Gasteiger partial charge in [-0.1, -0.05) is 0 Å². The number of carbonyl (C=O) groups is 2. The van der Waals surface area contributed by atoms with E-state index in [0.29, 0.717) is 16.7 Å². The third kappa shape index (κ3) is 3.16. The number of hydrogen-bond donors (Lipinski definition) is 0. The van der Waals surface area contributed by atoms with Gasteiger partial charge in [0, 0.05) is 0 Å². The molecule has 162 valence electrons. The van der Waals surface area contributed by atoms with Crippen molar-refractivity contribution >= 4 is 96.1 Å². The molecule has 0 radical (unpaired) electrons. The van der Waals surface area contributed by atoms with E-state index in [-0.39, 0.29) is 55.5 Å². The van der Waals surface area contributed by atoms with Gasteiger partial charge in [0.05, 0.1) is 0 Å². The summed E-state index contributed by atoms with van der Waals surface area (Å²) < 4.78 is 6.20. The number of ketones is 2. The second-order valence-electron chi connectivity index (χ2n) is 8.12. The molecule has 6 heteroatoms. The number of carbonyl (C=O) groups excluding carboxylic acids is 2. The Morgan fingerprint density at radius 1 is 0.735 bits per heavy atom. The van der Waals surface area contributed by atoms with Crippen molar-refractivity contribution in [3.05, 3.63) is 105 Å². The van der Waals surface area contributed by atoms with Gasteiger partial charge in [0.2, 0.25) is 0 Å². The summed E-state index contributed by atoms with van der Waals surface area (Å²) >= 11 is 0.512. The van der Waals surface area contributed by atoms with E-state index in [1.807, 2.05) is 18.2 Å². The van der Waals surface area contributed by atoms with Gasteiger partial charge in [0.1, 0.15) is 0 Å². The normalized spacial score (nSPS) is 15.6. The van der Waals surface area contributed by atoms with Crippen molar-refractivity contribution in [3.63, 3.8) is 0 Å². The number of fused-ring (bicyclic) bond motifs is 4. The quantitative estimate of drug-likeness (QED) is 0.165. The molecule has 3 heterocycles. The molecule has 5 aromatic rings. The summed E-state index contributed by atoms with van der Waals surface area (Å²) in [5, 5.41) is 1.08. The van der Waals surface area contributed by atoms with Gasteiger partial charge >= 0.3 is 216 Å². The maximum atomic E-state index is 13.2. The van der Waals surface area contributed by atoms with E-state index in [1.165, 1.54) is 29.1 Å². The van der Waals surface area contributed by atoms with Crippen molar-refractivity contribution in [2.24, 2.45) is 0 Å². The van der Waals surface area contributed by atoms with Gasteiger partial charge < -0.3 is 0 Å². The van der Waals surface area contributed by atoms with Gasteiger partial charge in [-0.15, -0.1) is 0 Å². The van der Waals surface area contributed by atoms with Crippen LogP contribution in [0.5, 0.6) is 0 Å². The third-order valence-electron chi connectivity index (χ3n) is 6.12. The molecule has 0 N–H and O–H groups in total. The van der Waals surface area contributed by atoms with Gasteiger partial charge in [-0.3, -0.25) is 0 Å². The summed E-state index contributed by atoms with van der Waals surface area (Å²) in [5.41, 5.74) is 3.91. The van der Waals surface area contributed by atoms with Crippen LogP contribution in [0.1, 0.15) is 25.2 Å². The van der Waals surface area contributed by atoms with Gasteiger partial charge in [0.25, 0.3) is 0 Å². The first kappa shape index (κ1) is 20.7. The molecule has 0 amide bonds. The molecular formula is C28H15NO2Se3. The molecule has 0 bridgehead atoms. The van der Waals surface area contributed by atoms with Crippen LogP contribution >= 0.6 is 0 Å². The minimum atomic E-state index is -0.142. The molecule has 2 aromatic heterocycles. The summed E-state index contributed by atoms with van der Waals surface area (Å²) in [7, 11) is 0. The van der Waals surface area contributed by atoms with Crippen LogP contribution in [0.3, 0.4) is 0 Å². The first-order valence-corrected chi connectivity index (χ1v) is 16.0. The Balaban J connectivity index is 1.30. The maximum absolute atomic E-state index is 13.2. The van der Waals surface area contributed by atoms with Crippen molar-refractivity contribution in [1.82, 2.24) is 0 Å². The minimum absolute atomic E-state index is 0.0134. The fourth-order valence-electron chi connectivity index (χ4n) is 4.53. The summed E-state index contributed by atoms with van der Waals surface area (Å²) in [6.45, 7) is 0. The fraction of sp³-hybridized carbons (Fsp3) is 0. The van der Waals surface area contributed by atoms with Crippen molar-refractivity contribution in [3.8, 4) is 0 Å². The van der Waals surface area contributed by atoms with Crippen LogP contribution in [0.15, 0.2) is 89.4 Å². The van der Waals surface area contributed by atoms with Crippen LogP contribution < -0.4 is 13.8 Å². The molecule has 0 fully saturated rings. The number of allylic oxidation sites excluding steroid dienone is 1. The van der Waals surface area contributed by atoms with Crippen LogP contribution in [0, 0.1) is 0 Å². The summed E-state index contributed by atoms with van der Waals surface area (Å²) in [5.74, 6) is -0.274. The predicted molar refractivity (Wildman–Crippen MR) is 141 cm³/mol. The molecule has 0 saturated heterocycles. The van der Waals surface area contributed by atoms with E-state index in [9.17, 15) is 9.59 Å². The molecular weight excluding hydrogens is 619 g/mol. The molecule has 0 atom stereocenters. The molecule has 34 heavy (non-hydrogen) atoms. The summed E-state index contributed by atoms with van der Waals surface area (Å²) in [6, 6.07) is 27.3. The Hall–Kier alpha value is -2.68. The van der Waals surface area contributed by atoms with Gasteiger partial charge in [0.15, 0.2) is 0 Å². The number of rotatable bonds is 2. The Bertz CT molecular complexity index is 1590. The molecule has 0 unspecified atom stereocenters. The molecule has 2 aliphatic rings. The van der Waals surface area contributed by atoms with Crippen LogP contribution in [0.25, 0.3) is 15.7 Å². The van der Waals surface area contributed by atoms with E-state index in [0.717, 1.165) is 9.82 Å². The van der Waals surface area contributed by atoms with Crippen molar-refractivity contribution in [2.45, 2.75) is 0 Å². The predicted octanol–water partition coefficient (Wildman–Crippen LogP) is 3.85. The molecule has 1 aliphatic carbocycles. The monoisotopic (exact) mass is 637 g/mol. The fourth-order valence-corrected chi connectivity index (χ4v) is 10.5. The molecule has 3 nitrogen and oxygen atoms in total. The van der Waals surface area contributed by atoms with Crippen molar-refractivity contribution < 1.29 is 9.59 Å². The Morgan fingerprint density at radius 2 is 1.41 bits per heavy atom. The van der Waals surface area contributed by atoms with E-state index in [1.54, 1.807) is 0 Å². The zero-order chi connectivity index (χ0) is 22.8. The Kier molecular flexibility index (Phi) is 4.82. The summed E-state index contributed by atoms with van der Waals surface area (Å²) in [6.07, 6.45) is 1.84. The van der Waals surface area contributed by atoms with E-state index >= 15 is 0 Å². The molecule has 3 aromatic carbocycles. The van der Waals surface area contributed by atoms with Crippen LogP contribution in [0.4, 0.5) is 15.9 Å². The average molecular weight is 634 g/mol. The molecule has 0 spiro atoms. The van der Waals surface area contributed by atoms with Gasteiger partial charge in [-0.2, -0.15) is 0 Å². The number of para-hydroxylation sites is 2. The number of benzene rings is 3. The Morgan fingerprint density at radius 3 is 2.15 bits per heavy atom. The molecule has 1 aliphatic heterocycles. The average Bonchev–Trinajstić information content (AvgIpc) is 3.57. The molecule has 0 saturated carbocycles. The molecule has 7 rings (SSSR count). The van der Waals surface area contributed by atoms with Crippen molar-refractivity contribution in [1.29, 1.82) is 0 Å². The van der Waals surface area contributed by atoms with Gasteiger partial charge in [-0.05, 0) is 0 Å². The number of anilines is 3. The SMILES string of the molecule is O=C1/C(=C\c2ccc(N3c4ccccc4[Se]c4ccccc43)[se]2)C(=O)c2cc3[se]ccc3cc21. The van der Waals surface area contributed by atoms with Crippen LogP contribution in [-0.4, -0.2) is 55.5 Å². The zero-order valence-corrected chi connectivity index (χ0v) is 22.8. The first-order valence-electron chi connectivity index (χ1n) is 10.8. The van der Waals surface area contributed by atoms with Crippen LogP contribution in [-0.2, 0) is 0 Å². The van der Waals surface area contributed by atoms with Gasteiger partial charge in [-0.25, -0.2) is 0 Å². The number of hydrogen-bond acceptors (Lipinski definition) is 3. The van der Waals surface area contributed by atoms with E-state index in [4.69, 9.17) is 0 Å². The van der Waals surface area contributed by atoms with E-state index in [2.05, 4.69) is 76.6 Å². The van der Waals surface area contributed by atoms with Crippen molar-refractivity contribution in [2.75, 3.05) is 4.90 Å². The first-order chi connectivity index (χ1) is 16.7. The summed E-state index contributed by atoms with van der Waals surface area (Å²) in [4.78, 5) is 30.8. The zero-order valence-electron chi connectivity index (χ0n) is 17.6. The second-order valence-corrected chi connectivity index (χ2v) is 14.7. The topological polar surface area (TPSA) is 37.4 Å². The Labute approximate surface area is 214 Å². The second kappa shape index (κ2) is 7.93. The third-order valence-corrected chi connectivity index (χ3v) is 12.5. The van der Waals surface area contributed by atoms with Crippen LogP contribution in [0.2, 0.25) is 0 Å². The number of Topliss-reactive ketones (excluding diaryl/α,β-unsaturated/α-hetero) is 2.